The van der Waals surface area contributed by atoms with Crippen LogP contribution in [0, 0.1) is 10.1 Å². The normalized spacial score (nSPS) is 11.3. The Morgan fingerprint density at radius 1 is 1.38 bits per heavy atom. The number of nitro benzene ring substituents is 1. The molecule has 0 aliphatic rings. The number of rotatable bonds is 6. The Balaban J connectivity index is 2.25. The molecule has 0 atom stereocenters. The number of nitrogens with one attached hydrogen (secondary N) is 2. The number of sulfonamides is 1. The smallest absolute Gasteiger partial charge is 0.292 e. The fourth-order valence-corrected chi connectivity index (χ4v) is 2.64. The first-order chi connectivity index (χ1) is 9.94. The number of aromatic nitrogens is 1. The van der Waals surface area contributed by atoms with E-state index in [1.165, 1.54) is 31.4 Å². The highest BCUT2D eigenvalue weighted by molar-refractivity contribution is 7.89. The summed E-state index contributed by atoms with van der Waals surface area (Å²) in [5, 5.41) is 16.9. The largest absolute Gasteiger partial charge is 0.383 e. The van der Waals surface area contributed by atoms with Gasteiger partial charge in [0.25, 0.3) is 5.69 Å². The fraction of sp³-hybridized carbons (Fsp3) is 0.182. The summed E-state index contributed by atoms with van der Waals surface area (Å²) in [7, 11) is -2.34. The Bertz CT molecular complexity index is 742. The van der Waals surface area contributed by atoms with Gasteiger partial charge < -0.3 is 9.84 Å². The average Bonchev–Trinajstić information content (AvgIpc) is 2.97. The first kappa shape index (κ1) is 14.9. The summed E-state index contributed by atoms with van der Waals surface area (Å²) in [6.07, 6.45) is 1.40. The summed E-state index contributed by atoms with van der Waals surface area (Å²) in [5.41, 5.74) is -0.0887. The molecule has 21 heavy (non-hydrogen) atoms. The number of benzene rings is 1. The second kappa shape index (κ2) is 5.89. The second-order valence-corrected chi connectivity index (χ2v) is 5.76. The van der Waals surface area contributed by atoms with E-state index in [0.717, 1.165) is 6.07 Å². The number of nitrogens with zero attached hydrogens (tertiary/aromatic N) is 2. The van der Waals surface area contributed by atoms with Crippen LogP contribution in [0.4, 0.5) is 11.4 Å². The Labute approximate surface area is 120 Å². The predicted molar refractivity (Wildman–Crippen MR) is 73.2 cm³/mol. The zero-order chi connectivity index (χ0) is 15.5. The Hall–Kier alpha value is -2.46. The third-order valence-electron chi connectivity index (χ3n) is 2.67. The van der Waals surface area contributed by atoms with Crippen LogP contribution in [0.25, 0.3) is 0 Å². The Kier molecular flexibility index (Phi) is 4.19. The van der Waals surface area contributed by atoms with Crippen molar-refractivity contribution in [3.8, 4) is 0 Å². The summed E-state index contributed by atoms with van der Waals surface area (Å²) in [4.78, 5) is 10.1. The topological polar surface area (TPSA) is 127 Å². The SMILES string of the molecule is CNc1cc(S(=O)(=O)NCc2ccno2)ccc1[N+](=O)[O-]. The second-order valence-electron chi connectivity index (χ2n) is 3.99. The Morgan fingerprint density at radius 3 is 2.71 bits per heavy atom. The molecule has 112 valence electrons. The van der Waals surface area contributed by atoms with E-state index in [-0.39, 0.29) is 22.8 Å². The van der Waals surface area contributed by atoms with Crippen LogP contribution in [0.5, 0.6) is 0 Å². The highest BCUT2D eigenvalue weighted by Gasteiger charge is 2.20. The summed E-state index contributed by atoms with van der Waals surface area (Å²) in [5.74, 6) is 0.356. The molecule has 0 saturated heterocycles. The molecule has 0 radical (unpaired) electrons. The molecule has 0 spiro atoms. The van der Waals surface area contributed by atoms with Crippen LogP contribution in [-0.4, -0.2) is 25.5 Å². The lowest BCUT2D eigenvalue weighted by Crippen LogP contribution is -2.23. The van der Waals surface area contributed by atoms with E-state index in [9.17, 15) is 18.5 Å². The van der Waals surface area contributed by atoms with Gasteiger partial charge in [0.05, 0.1) is 22.6 Å². The molecule has 9 nitrogen and oxygen atoms in total. The van der Waals surface area contributed by atoms with Gasteiger partial charge in [0, 0.05) is 19.2 Å². The zero-order valence-corrected chi connectivity index (χ0v) is 11.8. The molecule has 0 saturated carbocycles. The number of anilines is 1. The van der Waals surface area contributed by atoms with Crippen LogP contribution in [0.1, 0.15) is 5.76 Å². The van der Waals surface area contributed by atoms with Gasteiger partial charge in [-0.1, -0.05) is 5.16 Å². The molecule has 2 rings (SSSR count). The molecule has 0 unspecified atom stereocenters. The molecule has 1 heterocycles. The number of nitro groups is 1. The molecule has 0 aliphatic carbocycles. The molecular weight excluding hydrogens is 300 g/mol. The van der Waals surface area contributed by atoms with E-state index < -0.39 is 14.9 Å². The van der Waals surface area contributed by atoms with Crippen LogP contribution in [0.15, 0.2) is 39.9 Å². The zero-order valence-electron chi connectivity index (χ0n) is 10.9. The summed E-state index contributed by atoms with van der Waals surface area (Å²) >= 11 is 0. The van der Waals surface area contributed by atoms with Crippen LogP contribution in [0.2, 0.25) is 0 Å². The number of hydrogen-bond acceptors (Lipinski definition) is 7. The van der Waals surface area contributed by atoms with Gasteiger partial charge >= 0.3 is 0 Å². The fourth-order valence-electron chi connectivity index (χ4n) is 1.62. The van der Waals surface area contributed by atoms with Crippen molar-refractivity contribution in [3.63, 3.8) is 0 Å². The van der Waals surface area contributed by atoms with Crippen molar-refractivity contribution in [3.05, 3.63) is 46.3 Å². The summed E-state index contributed by atoms with van der Waals surface area (Å²) in [6, 6.07) is 5.02. The van der Waals surface area contributed by atoms with Crippen LogP contribution in [0.3, 0.4) is 0 Å². The van der Waals surface area contributed by atoms with E-state index in [1.807, 2.05) is 0 Å². The third kappa shape index (κ3) is 3.35. The number of hydrogen-bond donors (Lipinski definition) is 2. The lowest BCUT2D eigenvalue weighted by molar-refractivity contribution is -0.384. The quantitative estimate of drug-likeness (QED) is 0.604. The molecule has 0 aliphatic heterocycles. The average molecular weight is 312 g/mol. The maximum Gasteiger partial charge on any atom is 0.292 e. The molecular formula is C11H12N4O5S. The van der Waals surface area contributed by atoms with E-state index in [2.05, 4.69) is 15.2 Å². The molecule has 2 N–H and O–H groups in total. The standard InChI is InChI=1S/C11H12N4O5S/c1-12-10-6-9(2-3-11(10)15(16)17)21(18,19)14-7-8-4-5-13-20-8/h2-6,12,14H,7H2,1H3. The van der Waals surface area contributed by atoms with Gasteiger partial charge in [-0.05, 0) is 12.1 Å². The van der Waals surface area contributed by atoms with Gasteiger partial charge in [-0.2, -0.15) is 0 Å². The third-order valence-corrected chi connectivity index (χ3v) is 4.07. The van der Waals surface area contributed by atoms with Gasteiger partial charge in [0.15, 0.2) is 5.76 Å². The van der Waals surface area contributed by atoms with Crippen molar-refractivity contribution in [2.24, 2.45) is 0 Å². The minimum Gasteiger partial charge on any atom is -0.383 e. The summed E-state index contributed by atoms with van der Waals surface area (Å²) in [6.45, 7) is -0.0613. The van der Waals surface area contributed by atoms with Gasteiger partial charge in [-0.25, -0.2) is 13.1 Å². The summed E-state index contributed by atoms with van der Waals surface area (Å²) < 4.78 is 31.3. The minimum atomic E-state index is -3.81. The van der Waals surface area contributed by atoms with Crippen LogP contribution in [-0.2, 0) is 16.6 Å². The minimum absolute atomic E-state index is 0.0613. The first-order valence-corrected chi connectivity index (χ1v) is 7.28. The maximum atomic E-state index is 12.1. The first-order valence-electron chi connectivity index (χ1n) is 5.79. The molecule has 0 bridgehead atoms. The van der Waals surface area contributed by atoms with Crippen LogP contribution < -0.4 is 10.0 Å². The predicted octanol–water partition coefficient (Wildman–Crippen LogP) is 1.10. The highest BCUT2D eigenvalue weighted by atomic mass is 32.2. The molecule has 1 aromatic carbocycles. The van der Waals surface area contributed by atoms with Crippen molar-refractivity contribution in [1.82, 2.24) is 9.88 Å². The lowest BCUT2D eigenvalue weighted by atomic mass is 10.3. The maximum absolute atomic E-state index is 12.1. The highest BCUT2D eigenvalue weighted by Crippen LogP contribution is 2.26. The van der Waals surface area contributed by atoms with Crippen molar-refractivity contribution in [2.45, 2.75) is 11.4 Å². The molecule has 10 heteroatoms. The van der Waals surface area contributed by atoms with Gasteiger partial charge in [0.1, 0.15) is 5.69 Å². The lowest BCUT2D eigenvalue weighted by Gasteiger charge is -2.07. The molecule has 2 aromatic rings. The van der Waals surface area contributed by atoms with E-state index in [1.54, 1.807) is 0 Å². The van der Waals surface area contributed by atoms with Gasteiger partial charge in [-0.3, -0.25) is 10.1 Å². The van der Waals surface area contributed by atoms with E-state index in [4.69, 9.17) is 4.52 Å². The Morgan fingerprint density at radius 2 is 2.14 bits per heavy atom. The van der Waals surface area contributed by atoms with Crippen LogP contribution >= 0.6 is 0 Å². The van der Waals surface area contributed by atoms with Crippen molar-refractivity contribution < 1.29 is 17.9 Å². The van der Waals surface area contributed by atoms with E-state index >= 15 is 0 Å². The monoisotopic (exact) mass is 312 g/mol. The molecule has 0 amide bonds. The van der Waals surface area contributed by atoms with Crippen molar-refractivity contribution in [1.29, 1.82) is 0 Å². The van der Waals surface area contributed by atoms with Gasteiger partial charge in [-0.15, -0.1) is 0 Å². The molecule has 0 fully saturated rings. The van der Waals surface area contributed by atoms with E-state index in [0.29, 0.717) is 5.76 Å². The van der Waals surface area contributed by atoms with Crippen molar-refractivity contribution in [2.75, 3.05) is 12.4 Å². The molecule has 1 aromatic heterocycles. The van der Waals surface area contributed by atoms with Crippen molar-refractivity contribution >= 4 is 21.4 Å². The van der Waals surface area contributed by atoms with Gasteiger partial charge in [0.2, 0.25) is 10.0 Å².